The third-order valence-electron chi connectivity index (χ3n) is 2.66. The second-order valence-corrected chi connectivity index (χ2v) is 4.13. The largest absolute Gasteiger partial charge is 0.364 e. The number of carbonyl (C=O) groups is 2. The first kappa shape index (κ1) is 13.9. The Hall–Kier alpha value is -1.14. The van der Waals surface area contributed by atoms with Crippen molar-refractivity contribution in [2.45, 2.75) is 38.4 Å². The Morgan fingerprint density at radius 2 is 2.12 bits per heavy atom. The summed E-state index contributed by atoms with van der Waals surface area (Å²) in [6, 6.07) is 0. The molecule has 0 aliphatic carbocycles. The molecule has 1 aliphatic heterocycles. The summed E-state index contributed by atoms with van der Waals surface area (Å²) in [5.41, 5.74) is 5.45. The van der Waals surface area contributed by atoms with Gasteiger partial charge in [0.05, 0.1) is 12.6 Å². The van der Waals surface area contributed by atoms with Crippen LogP contribution in [-0.2, 0) is 14.3 Å². The molecule has 1 heterocycles. The van der Waals surface area contributed by atoms with Gasteiger partial charge in [-0.3, -0.25) is 9.59 Å². The molecule has 0 aromatic heterocycles. The molecule has 2 unspecified atom stereocenters. The van der Waals surface area contributed by atoms with Gasteiger partial charge in [0.2, 0.25) is 11.8 Å². The number of hydrogen-bond donors (Lipinski definition) is 3. The van der Waals surface area contributed by atoms with Crippen LogP contribution in [-0.4, -0.2) is 43.7 Å². The van der Waals surface area contributed by atoms with E-state index in [-0.39, 0.29) is 24.5 Å². The molecule has 0 spiro atoms. The zero-order chi connectivity index (χ0) is 12.7. The number of hydrogen-bond acceptors (Lipinski definition) is 4. The number of carbonyl (C=O) groups excluding carboxylic acids is 2. The van der Waals surface area contributed by atoms with Crippen molar-refractivity contribution < 1.29 is 14.3 Å². The molecular formula is C11H21N3O3. The molecule has 0 radical (unpaired) electrons. The summed E-state index contributed by atoms with van der Waals surface area (Å²) in [6.07, 6.45) is 1.87. The highest BCUT2D eigenvalue weighted by Gasteiger charge is 2.29. The average molecular weight is 243 g/mol. The minimum atomic E-state index is -0.456. The highest BCUT2D eigenvalue weighted by molar-refractivity contribution is 5.86. The lowest BCUT2D eigenvalue weighted by Gasteiger charge is -2.12. The van der Waals surface area contributed by atoms with Crippen LogP contribution in [0.15, 0.2) is 0 Å². The summed E-state index contributed by atoms with van der Waals surface area (Å²) >= 11 is 0. The predicted molar refractivity (Wildman–Crippen MR) is 63.3 cm³/mol. The molecule has 1 rings (SSSR count). The van der Waals surface area contributed by atoms with Crippen LogP contribution in [0.2, 0.25) is 0 Å². The molecule has 6 nitrogen and oxygen atoms in total. The summed E-state index contributed by atoms with van der Waals surface area (Å²) in [4.78, 5) is 22.9. The van der Waals surface area contributed by atoms with Crippen LogP contribution in [0.3, 0.4) is 0 Å². The number of nitrogens with two attached hydrogens (primary N) is 1. The van der Waals surface area contributed by atoms with Gasteiger partial charge in [-0.25, -0.2) is 0 Å². The van der Waals surface area contributed by atoms with Crippen molar-refractivity contribution in [1.82, 2.24) is 10.6 Å². The minimum absolute atomic E-state index is 0.00594. The quantitative estimate of drug-likeness (QED) is 0.565. The predicted octanol–water partition coefficient (Wildman–Crippen LogP) is -0.865. The third-order valence-corrected chi connectivity index (χ3v) is 2.66. The number of amides is 2. The van der Waals surface area contributed by atoms with Gasteiger partial charge in [0.25, 0.3) is 0 Å². The SMILES string of the molecule is CCCNC(=O)CNC(=O)C1CCC(CN)O1. The van der Waals surface area contributed by atoms with Gasteiger partial charge in [-0.15, -0.1) is 0 Å². The van der Waals surface area contributed by atoms with Crippen LogP contribution in [0.5, 0.6) is 0 Å². The van der Waals surface area contributed by atoms with Gasteiger partial charge < -0.3 is 21.1 Å². The maximum absolute atomic E-state index is 11.6. The van der Waals surface area contributed by atoms with Crippen molar-refractivity contribution >= 4 is 11.8 Å². The zero-order valence-electron chi connectivity index (χ0n) is 10.2. The average Bonchev–Trinajstić information content (AvgIpc) is 2.82. The highest BCUT2D eigenvalue weighted by atomic mass is 16.5. The second-order valence-electron chi connectivity index (χ2n) is 4.13. The Morgan fingerprint density at radius 1 is 1.35 bits per heavy atom. The fourth-order valence-electron chi connectivity index (χ4n) is 1.68. The minimum Gasteiger partial charge on any atom is -0.364 e. The Balaban J connectivity index is 2.19. The van der Waals surface area contributed by atoms with Gasteiger partial charge in [0, 0.05) is 13.1 Å². The molecule has 0 aromatic carbocycles. The van der Waals surface area contributed by atoms with E-state index in [2.05, 4.69) is 10.6 Å². The van der Waals surface area contributed by atoms with Crippen molar-refractivity contribution in [2.24, 2.45) is 5.73 Å². The van der Waals surface area contributed by atoms with Crippen LogP contribution in [0.1, 0.15) is 26.2 Å². The van der Waals surface area contributed by atoms with Crippen LogP contribution in [0.25, 0.3) is 0 Å². The lowest BCUT2D eigenvalue weighted by molar-refractivity contribution is -0.133. The summed E-state index contributed by atoms with van der Waals surface area (Å²) in [5.74, 6) is -0.402. The van der Waals surface area contributed by atoms with Crippen molar-refractivity contribution in [3.63, 3.8) is 0 Å². The standard InChI is InChI=1S/C11H21N3O3/c1-2-5-13-10(15)7-14-11(16)9-4-3-8(6-12)17-9/h8-9H,2-7,12H2,1H3,(H,13,15)(H,14,16). The van der Waals surface area contributed by atoms with Crippen LogP contribution in [0, 0.1) is 0 Å². The lowest BCUT2D eigenvalue weighted by atomic mass is 10.2. The fourth-order valence-corrected chi connectivity index (χ4v) is 1.68. The summed E-state index contributed by atoms with van der Waals surface area (Å²) in [5, 5.41) is 5.24. The maximum Gasteiger partial charge on any atom is 0.249 e. The zero-order valence-corrected chi connectivity index (χ0v) is 10.2. The molecule has 98 valence electrons. The van der Waals surface area contributed by atoms with E-state index < -0.39 is 6.10 Å². The molecule has 1 aliphatic rings. The van der Waals surface area contributed by atoms with Gasteiger partial charge in [0.15, 0.2) is 0 Å². The normalized spacial score (nSPS) is 23.4. The summed E-state index contributed by atoms with van der Waals surface area (Å²) in [6.45, 7) is 3.04. The first-order chi connectivity index (χ1) is 8.17. The Labute approximate surface area is 101 Å². The number of ether oxygens (including phenoxy) is 1. The molecule has 1 fully saturated rings. The van der Waals surface area contributed by atoms with E-state index in [0.717, 1.165) is 12.8 Å². The maximum atomic E-state index is 11.6. The van der Waals surface area contributed by atoms with E-state index in [4.69, 9.17) is 10.5 Å². The molecule has 0 aromatic rings. The molecule has 4 N–H and O–H groups in total. The molecule has 0 saturated carbocycles. The lowest BCUT2D eigenvalue weighted by Crippen LogP contribution is -2.41. The van der Waals surface area contributed by atoms with E-state index in [0.29, 0.717) is 19.5 Å². The smallest absolute Gasteiger partial charge is 0.249 e. The monoisotopic (exact) mass is 243 g/mol. The van der Waals surface area contributed by atoms with Crippen molar-refractivity contribution in [3.05, 3.63) is 0 Å². The van der Waals surface area contributed by atoms with Crippen molar-refractivity contribution in [3.8, 4) is 0 Å². The highest BCUT2D eigenvalue weighted by Crippen LogP contribution is 2.18. The molecule has 0 bridgehead atoms. The fraction of sp³-hybridized carbons (Fsp3) is 0.818. The van der Waals surface area contributed by atoms with Crippen LogP contribution < -0.4 is 16.4 Å². The third kappa shape index (κ3) is 4.70. The summed E-state index contributed by atoms with van der Waals surface area (Å²) in [7, 11) is 0. The van der Waals surface area contributed by atoms with Crippen molar-refractivity contribution in [1.29, 1.82) is 0 Å². The summed E-state index contributed by atoms with van der Waals surface area (Å²) < 4.78 is 5.42. The molecule has 1 saturated heterocycles. The van der Waals surface area contributed by atoms with Gasteiger partial charge in [-0.1, -0.05) is 6.92 Å². The first-order valence-corrected chi connectivity index (χ1v) is 6.07. The Bertz CT molecular complexity index is 271. The number of nitrogens with one attached hydrogen (secondary N) is 2. The van der Waals surface area contributed by atoms with Crippen molar-refractivity contribution in [2.75, 3.05) is 19.6 Å². The molecule has 2 amide bonds. The number of rotatable bonds is 6. The molecule has 2 atom stereocenters. The van der Waals surface area contributed by atoms with Crippen LogP contribution >= 0.6 is 0 Å². The van der Waals surface area contributed by atoms with Gasteiger partial charge in [-0.05, 0) is 19.3 Å². The van der Waals surface area contributed by atoms with Crippen LogP contribution in [0.4, 0.5) is 0 Å². The van der Waals surface area contributed by atoms with Gasteiger partial charge in [-0.2, -0.15) is 0 Å². The van der Waals surface area contributed by atoms with Gasteiger partial charge in [0.1, 0.15) is 6.10 Å². The van der Waals surface area contributed by atoms with E-state index in [9.17, 15) is 9.59 Å². The Kier molecular flexibility index (Phi) is 5.93. The van der Waals surface area contributed by atoms with E-state index >= 15 is 0 Å². The molecule has 6 heteroatoms. The van der Waals surface area contributed by atoms with E-state index in [1.165, 1.54) is 0 Å². The Morgan fingerprint density at radius 3 is 2.71 bits per heavy atom. The van der Waals surface area contributed by atoms with E-state index in [1.807, 2.05) is 6.92 Å². The van der Waals surface area contributed by atoms with Gasteiger partial charge >= 0.3 is 0 Å². The molecular weight excluding hydrogens is 222 g/mol. The first-order valence-electron chi connectivity index (χ1n) is 6.07. The molecule has 17 heavy (non-hydrogen) atoms. The van der Waals surface area contributed by atoms with E-state index in [1.54, 1.807) is 0 Å². The topological polar surface area (TPSA) is 93.5 Å². The second kappa shape index (κ2) is 7.24.